The summed E-state index contributed by atoms with van der Waals surface area (Å²) in [6, 6.07) is 19.6. The highest BCUT2D eigenvalue weighted by Gasteiger charge is 2.21. The highest BCUT2D eigenvalue weighted by molar-refractivity contribution is 5.91. The second kappa shape index (κ2) is 7.33. The van der Waals surface area contributed by atoms with Crippen LogP contribution in [0.15, 0.2) is 67.0 Å². The third-order valence-electron chi connectivity index (χ3n) is 4.63. The quantitative estimate of drug-likeness (QED) is 0.537. The predicted octanol–water partition coefficient (Wildman–Crippen LogP) is 3.78. The number of hydrogen-bond donors (Lipinski definition) is 2. The van der Waals surface area contributed by atoms with E-state index in [1.54, 1.807) is 18.5 Å². The number of anilines is 3. The first-order chi connectivity index (χ1) is 13.7. The fourth-order valence-corrected chi connectivity index (χ4v) is 3.21. The summed E-state index contributed by atoms with van der Waals surface area (Å²) in [6.45, 7) is 0. The molecule has 0 aliphatic heterocycles. The second-order valence-corrected chi connectivity index (χ2v) is 6.35. The third kappa shape index (κ3) is 3.10. The van der Waals surface area contributed by atoms with E-state index >= 15 is 0 Å². The molecular weight excluding hydrogens is 348 g/mol. The average molecular weight is 367 g/mol. The van der Waals surface area contributed by atoms with Gasteiger partial charge in [0.25, 0.3) is 5.82 Å². The van der Waals surface area contributed by atoms with Gasteiger partial charge in [-0.15, -0.1) is 4.98 Å². The molecule has 0 saturated carbocycles. The van der Waals surface area contributed by atoms with E-state index in [4.69, 9.17) is 4.98 Å². The molecule has 0 amide bonds. The Hall–Kier alpha value is -3.98. The molecule has 0 saturated heterocycles. The fourth-order valence-electron chi connectivity index (χ4n) is 3.21. The first-order valence-corrected chi connectivity index (χ1v) is 8.89. The number of nitriles is 1. The molecule has 6 heteroatoms. The molecule has 136 valence electrons. The maximum Gasteiger partial charge on any atom is 0.272 e. The Morgan fingerprint density at radius 2 is 1.89 bits per heavy atom. The summed E-state index contributed by atoms with van der Waals surface area (Å²) in [6.07, 6.45) is 3.55. The van der Waals surface area contributed by atoms with E-state index < -0.39 is 0 Å². The molecule has 2 heterocycles. The van der Waals surface area contributed by atoms with Crippen molar-refractivity contribution >= 4 is 28.1 Å². The molecule has 2 N–H and O–H groups in total. The van der Waals surface area contributed by atoms with Crippen molar-refractivity contribution in [3.63, 3.8) is 0 Å². The summed E-state index contributed by atoms with van der Waals surface area (Å²) in [5.41, 5.74) is 4.13. The molecular formula is C22H19N6+. The lowest BCUT2D eigenvalue weighted by Crippen LogP contribution is -2.36. The van der Waals surface area contributed by atoms with E-state index in [0.29, 0.717) is 5.56 Å². The Balaban J connectivity index is 1.94. The molecule has 6 nitrogen and oxygen atoms in total. The van der Waals surface area contributed by atoms with Crippen LogP contribution in [0, 0.1) is 11.3 Å². The number of rotatable bonds is 4. The van der Waals surface area contributed by atoms with Crippen LogP contribution in [-0.4, -0.2) is 17.0 Å². The highest BCUT2D eigenvalue weighted by atomic mass is 15.1. The monoisotopic (exact) mass is 367 g/mol. The van der Waals surface area contributed by atoms with Crippen LogP contribution in [0.5, 0.6) is 0 Å². The maximum absolute atomic E-state index is 9.29. The zero-order chi connectivity index (χ0) is 19.5. The Morgan fingerprint density at radius 3 is 2.64 bits per heavy atom. The number of benzene rings is 2. The smallest absolute Gasteiger partial charge is 0.272 e. The van der Waals surface area contributed by atoms with Crippen molar-refractivity contribution in [1.29, 1.82) is 5.26 Å². The van der Waals surface area contributed by atoms with Crippen LogP contribution < -0.4 is 15.2 Å². The van der Waals surface area contributed by atoms with Crippen molar-refractivity contribution in [2.45, 2.75) is 0 Å². The summed E-state index contributed by atoms with van der Waals surface area (Å²) in [4.78, 5) is 9.06. The largest absolute Gasteiger partial charge is 0.385 e. The Bertz CT molecular complexity index is 1200. The molecule has 0 atom stereocenters. The lowest BCUT2D eigenvalue weighted by atomic mass is 10.1. The van der Waals surface area contributed by atoms with Gasteiger partial charge in [-0.2, -0.15) is 5.26 Å². The van der Waals surface area contributed by atoms with Crippen LogP contribution in [-0.2, 0) is 7.05 Å². The van der Waals surface area contributed by atoms with E-state index in [-0.39, 0.29) is 0 Å². The molecule has 0 unspecified atom stereocenters. The van der Waals surface area contributed by atoms with E-state index in [1.165, 1.54) is 0 Å². The summed E-state index contributed by atoms with van der Waals surface area (Å²) in [7, 11) is 3.83. The third-order valence-corrected chi connectivity index (χ3v) is 4.63. The van der Waals surface area contributed by atoms with Gasteiger partial charge in [-0.3, -0.25) is 10.3 Å². The minimum Gasteiger partial charge on any atom is -0.385 e. The summed E-state index contributed by atoms with van der Waals surface area (Å²) < 4.78 is 2.01. The van der Waals surface area contributed by atoms with Gasteiger partial charge in [0.15, 0.2) is 5.52 Å². The maximum atomic E-state index is 9.29. The number of nitrogens with one attached hydrogen (secondary N) is 2. The number of nitrogens with zero attached hydrogens (tertiary/aromatic N) is 4. The van der Waals surface area contributed by atoms with Crippen LogP contribution in [0.4, 0.5) is 17.2 Å². The minimum absolute atomic E-state index is 0.593. The lowest BCUT2D eigenvalue weighted by molar-refractivity contribution is -0.647. The first kappa shape index (κ1) is 17.4. The fraction of sp³-hybridized carbons (Fsp3) is 0.0909. The summed E-state index contributed by atoms with van der Waals surface area (Å²) >= 11 is 0. The van der Waals surface area contributed by atoms with Crippen LogP contribution in [0.2, 0.25) is 0 Å². The SMILES string of the molecule is CNc1ccc(C#N)cc1Nc1c2ccccc2nc(-c2cccnc2)[n+]1C. The van der Waals surface area contributed by atoms with Crippen molar-refractivity contribution < 1.29 is 4.57 Å². The van der Waals surface area contributed by atoms with E-state index in [9.17, 15) is 5.26 Å². The zero-order valence-corrected chi connectivity index (χ0v) is 15.6. The summed E-state index contributed by atoms with van der Waals surface area (Å²) in [5, 5.41) is 17.0. The molecule has 0 bridgehead atoms. The van der Waals surface area contributed by atoms with E-state index in [1.807, 2.05) is 67.2 Å². The van der Waals surface area contributed by atoms with Gasteiger partial charge in [0.05, 0.1) is 35.3 Å². The molecule has 4 aromatic rings. The molecule has 0 fully saturated rings. The average Bonchev–Trinajstić information content (AvgIpc) is 2.76. The molecule has 0 radical (unpaired) electrons. The standard InChI is InChI=1S/C22H18N6/c1-24-19-10-9-15(13-23)12-20(19)27-22-17-7-3-4-8-18(17)26-21(28(22)2)16-6-5-11-25-14-16/h3-12,14,24H,1-2H3/p+1. The number of hydrogen-bond acceptors (Lipinski definition) is 5. The molecule has 4 rings (SSSR count). The summed E-state index contributed by atoms with van der Waals surface area (Å²) in [5.74, 6) is 1.69. The lowest BCUT2D eigenvalue weighted by Gasteiger charge is -2.13. The Kier molecular flexibility index (Phi) is 4.56. The number of aromatic nitrogens is 3. The first-order valence-electron chi connectivity index (χ1n) is 8.89. The van der Waals surface area contributed by atoms with Crippen LogP contribution in [0.1, 0.15) is 5.56 Å². The molecule has 2 aromatic heterocycles. The van der Waals surface area contributed by atoms with Gasteiger partial charge in [0, 0.05) is 19.4 Å². The Labute approximate surface area is 163 Å². The van der Waals surface area contributed by atoms with Crippen molar-refractivity contribution in [2.24, 2.45) is 7.05 Å². The van der Waals surface area contributed by atoms with Crippen molar-refractivity contribution in [3.05, 3.63) is 72.6 Å². The highest BCUT2D eigenvalue weighted by Crippen LogP contribution is 2.29. The van der Waals surface area contributed by atoms with Gasteiger partial charge in [-0.25, -0.2) is 4.57 Å². The van der Waals surface area contributed by atoms with Gasteiger partial charge < -0.3 is 5.32 Å². The molecule has 2 aromatic carbocycles. The van der Waals surface area contributed by atoms with Crippen molar-refractivity contribution in [1.82, 2.24) is 9.97 Å². The van der Waals surface area contributed by atoms with Gasteiger partial charge >= 0.3 is 0 Å². The molecule has 0 aliphatic carbocycles. The normalized spacial score (nSPS) is 10.5. The van der Waals surface area contributed by atoms with Gasteiger partial charge in [-0.1, -0.05) is 12.1 Å². The van der Waals surface area contributed by atoms with Crippen LogP contribution in [0.3, 0.4) is 0 Å². The van der Waals surface area contributed by atoms with Crippen LogP contribution >= 0.6 is 0 Å². The number of fused-ring (bicyclic) bond motifs is 1. The van der Waals surface area contributed by atoms with E-state index in [2.05, 4.69) is 21.7 Å². The van der Waals surface area contributed by atoms with Crippen molar-refractivity contribution in [3.8, 4) is 17.5 Å². The Morgan fingerprint density at radius 1 is 1.04 bits per heavy atom. The molecule has 0 aliphatic rings. The number of pyridine rings is 1. The van der Waals surface area contributed by atoms with Gasteiger partial charge in [0.1, 0.15) is 5.69 Å². The topological polar surface area (TPSA) is 77.5 Å². The van der Waals surface area contributed by atoms with Crippen LogP contribution in [0.25, 0.3) is 22.3 Å². The van der Waals surface area contributed by atoms with Gasteiger partial charge in [-0.05, 0) is 42.5 Å². The minimum atomic E-state index is 0.593. The van der Waals surface area contributed by atoms with Gasteiger partial charge in [0.2, 0.25) is 5.82 Å². The second-order valence-electron chi connectivity index (χ2n) is 6.35. The molecule has 0 spiro atoms. The van der Waals surface area contributed by atoms with Crippen molar-refractivity contribution in [2.75, 3.05) is 17.7 Å². The molecule has 28 heavy (non-hydrogen) atoms. The number of para-hydroxylation sites is 1. The predicted molar refractivity (Wildman–Crippen MR) is 110 cm³/mol. The van der Waals surface area contributed by atoms with E-state index in [0.717, 1.165) is 39.5 Å². The zero-order valence-electron chi connectivity index (χ0n) is 15.6.